The zero-order valence-electron chi connectivity index (χ0n) is 14.0. The van der Waals surface area contributed by atoms with Gasteiger partial charge >= 0.3 is 5.69 Å². The van der Waals surface area contributed by atoms with Gasteiger partial charge in [0.2, 0.25) is 5.91 Å². The van der Waals surface area contributed by atoms with Crippen LogP contribution in [0.25, 0.3) is 0 Å². The standard InChI is InChI=1S/C16H24N6O2/c1-2-9-22-16(24)21-12-6-13(4-5-14(21)19-22)18-15(23)7-11-20-10-3-8-17-20/h3,8,10,13H,2,4-7,9,11-12H2,1H3,(H,18,23). The first-order valence-corrected chi connectivity index (χ1v) is 8.60. The van der Waals surface area contributed by atoms with Crippen molar-refractivity contribution in [1.29, 1.82) is 0 Å². The number of nitrogens with zero attached hydrogens (tertiary/aromatic N) is 5. The average molecular weight is 332 g/mol. The van der Waals surface area contributed by atoms with Crippen LogP contribution in [0.15, 0.2) is 23.3 Å². The van der Waals surface area contributed by atoms with Gasteiger partial charge in [-0.2, -0.15) is 10.2 Å². The molecule has 3 rings (SSSR count). The Morgan fingerprint density at radius 1 is 1.38 bits per heavy atom. The third-order valence-electron chi connectivity index (χ3n) is 4.34. The summed E-state index contributed by atoms with van der Waals surface area (Å²) in [6.45, 7) is 3.88. The van der Waals surface area contributed by atoms with Crippen molar-refractivity contribution >= 4 is 5.91 Å². The molecule has 1 aliphatic rings. The molecule has 2 aromatic heterocycles. The molecule has 0 saturated heterocycles. The molecule has 0 radical (unpaired) electrons. The Hall–Kier alpha value is -2.38. The van der Waals surface area contributed by atoms with Gasteiger partial charge < -0.3 is 5.32 Å². The molecule has 1 atom stereocenters. The maximum absolute atomic E-state index is 12.3. The number of aryl methyl sites for hydroxylation is 3. The van der Waals surface area contributed by atoms with Gasteiger partial charge in [-0.25, -0.2) is 9.48 Å². The lowest BCUT2D eigenvalue weighted by atomic mass is 10.1. The van der Waals surface area contributed by atoms with Gasteiger partial charge in [0, 0.05) is 50.9 Å². The normalized spacial score (nSPS) is 17.3. The van der Waals surface area contributed by atoms with Gasteiger partial charge in [-0.05, 0) is 25.3 Å². The van der Waals surface area contributed by atoms with Crippen molar-refractivity contribution in [1.82, 2.24) is 29.4 Å². The predicted octanol–water partition coefficient (Wildman–Crippen LogP) is 0.563. The molecule has 1 unspecified atom stereocenters. The number of nitrogens with one attached hydrogen (secondary N) is 1. The molecule has 0 spiro atoms. The Morgan fingerprint density at radius 3 is 3.00 bits per heavy atom. The van der Waals surface area contributed by atoms with Crippen molar-refractivity contribution < 1.29 is 4.79 Å². The summed E-state index contributed by atoms with van der Waals surface area (Å²) in [6, 6.07) is 1.94. The van der Waals surface area contributed by atoms with Crippen LogP contribution in [0.5, 0.6) is 0 Å². The molecule has 0 aromatic carbocycles. The fourth-order valence-electron chi connectivity index (χ4n) is 3.08. The molecular formula is C16H24N6O2. The smallest absolute Gasteiger partial charge is 0.345 e. The summed E-state index contributed by atoms with van der Waals surface area (Å²) >= 11 is 0. The fraction of sp³-hybridized carbons (Fsp3) is 0.625. The molecule has 1 aliphatic heterocycles. The third-order valence-corrected chi connectivity index (χ3v) is 4.34. The minimum Gasteiger partial charge on any atom is -0.353 e. The first-order valence-electron chi connectivity index (χ1n) is 8.60. The van der Waals surface area contributed by atoms with Crippen molar-refractivity contribution in [2.45, 2.75) is 64.7 Å². The first-order chi connectivity index (χ1) is 11.7. The molecule has 0 bridgehead atoms. The number of rotatable bonds is 6. The molecule has 3 heterocycles. The van der Waals surface area contributed by atoms with Gasteiger partial charge in [-0.1, -0.05) is 6.92 Å². The highest BCUT2D eigenvalue weighted by atomic mass is 16.2. The summed E-state index contributed by atoms with van der Waals surface area (Å²) in [6.07, 6.45) is 7.15. The monoisotopic (exact) mass is 332 g/mol. The zero-order valence-corrected chi connectivity index (χ0v) is 14.0. The van der Waals surface area contributed by atoms with E-state index >= 15 is 0 Å². The number of hydrogen-bond donors (Lipinski definition) is 1. The summed E-state index contributed by atoms with van der Waals surface area (Å²) in [5, 5.41) is 11.6. The largest absolute Gasteiger partial charge is 0.353 e. The van der Waals surface area contributed by atoms with Crippen molar-refractivity contribution in [3.63, 3.8) is 0 Å². The highest BCUT2D eigenvalue weighted by Crippen LogP contribution is 2.12. The summed E-state index contributed by atoms with van der Waals surface area (Å²) in [4.78, 5) is 24.4. The molecule has 24 heavy (non-hydrogen) atoms. The van der Waals surface area contributed by atoms with E-state index in [1.807, 2.05) is 19.2 Å². The molecule has 0 aliphatic carbocycles. The van der Waals surface area contributed by atoms with E-state index in [2.05, 4.69) is 15.5 Å². The summed E-state index contributed by atoms with van der Waals surface area (Å²) < 4.78 is 5.06. The lowest BCUT2D eigenvalue weighted by molar-refractivity contribution is -0.122. The molecule has 8 heteroatoms. The second-order valence-corrected chi connectivity index (χ2v) is 6.18. The second kappa shape index (κ2) is 7.46. The van der Waals surface area contributed by atoms with Gasteiger partial charge in [-0.3, -0.25) is 14.0 Å². The minimum atomic E-state index is -0.0301. The Balaban J connectivity index is 1.53. The minimum absolute atomic E-state index is 0.0263. The van der Waals surface area contributed by atoms with Crippen LogP contribution in [0.3, 0.4) is 0 Å². The van der Waals surface area contributed by atoms with Crippen molar-refractivity contribution in [2.75, 3.05) is 0 Å². The van der Waals surface area contributed by atoms with E-state index in [4.69, 9.17) is 0 Å². The van der Waals surface area contributed by atoms with Crippen LogP contribution in [0.1, 0.15) is 38.4 Å². The van der Waals surface area contributed by atoms with E-state index in [0.717, 1.165) is 31.5 Å². The van der Waals surface area contributed by atoms with Crippen LogP contribution in [0.4, 0.5) is 0 Å². The van der Waals surface area contributed by atoms with E-state index < -0.39 is 0 Å². The lowest BCUT2D eigenvalue weighted by Gasteiger charge is -2.16. The summed E-state index contributed by atoms with van der Waals surface area (Å²) in [7, 11) is 0. The summed E-state index contributed by atoms with van der Waals surface area (Å²) in [5.41, 5.74) is -0.0301. The Labute approximate surface area is 140 Å². The van der Waals surface area contributed by atoms with Gasteiger partial charge in [0.25, 0.3) is 0 Å². The van der Waals surface area contributed by atoms with E-state index in [1.54, 1.807) is 20.1 Å². The quantitative estimate of drug-likeness (QED) is 0.837. The van der Waals surface area contributed by atoms with Crippen LogP contribution in [0.2, 0.25) is 0 Å². The SMILES string of the molecule is CCCn1nc2n(c1=O)CCC(NC(=O)CCn1cccn1)CC2. The Morgan fingerprint density at radius 2 is 2.25 bits per heavy atom. The van der Waals surface area contributed by atoms with Crippen LogP contribution in [-0.2, 0) is 30.8 Å². The fourth-order valence-corrected chi connectivity index (χ4v) is 3.08. The van der Waals surface area contributed by atoms with E-state index in [9.17, 15) is 9.59 Å². The number of hydrogen-bond acceptors (Lipinski definition) is 4. The van der Waals surface area contributed by atoms with Gasteiger partial charge in [-0.15, -0.1) is 0 Å². The second-order valence-electron chi connectivity index (χ2n) is 6.18. The van der Waals surface area contributed by atoms with Crippen LogP contribution in [0, 0.1) is 0 Å². The van der Waals surface area contributed by atoms with E-state index in [0.29, 0.717) is 26.1 Å². The highest BCUT2D eigenvalue weighted by Gasteiger charge is 2.21. The van der Waals surface area contributed by atoms with E-state index in [1.165, 1.54) is 0 Å². The number of aromatic nitrogens is 5. The van der Waals surface area contributed by atoms with Gasteiger partial charge in [0.05, 0.1) is 0 Å². The number of carbonyl (C=O) groups excluding carboxylic acids is 1. The first kappa shape index (κ1) is 16.5. The maximum Gasteiger partial charge on any atom is 0.345 e. The molecule has 2 aromatic rings. The van der Waals surface area contributed by atoms with Crippen LogP contribution >= 0.6 is 0 Å². The number of carbonyl (C=O) groups is 1. The van der Waals surface area contributed by atoms with E-state index in [-0.39, 0.29) is 17.6 Å². The van der Waals surface area contributed by atoms with Crippen LogP contribution in [-0.4, -0.2) is 36.1 Å². The average Bonchev–Trinajstić information content (AvgIpc) is 3.13. The highest BCUT2D eigenvalue weighted by molar-refractivity contribution is 5.76. The Kier molecular flexibility index (Phi) is 5.12. The molecular weight excluding hydrogens is 308 g/mol. The zero-order chi connectivity index (χ0) is 16.9. The molecule has 1 N–H and O–H groups in total. The molecule has 8 nitrogen and oxygen atoms in total. The Bertz CT molecular complexity index is 730. The molecule has 130 valence electrons. The van der Waals surface area contributed by atoms with Crippen molar-refractivity contribution in [2.24, 2.45) is 0 Å². The molecule has 0 saturated carbocycles. The van der Waals surface area contributed by atoms with Crippen molar-refractivity contribution in [3.05, 3.63) is 34.8 Å². The van der Waals surface area contributed by atoms with Crippen LogP contribution < -0.4 is 11.0 Å². The van der Waals surface area contributed by atoms with Gasteiger partial charge in [0.15, 0.2) is 0 Å². The predicted molar refractivity (Wildman–Crippen MR) is 88.5 cm³/mol. The topological polar surface area (TPSA) is 86.7 Å². The van der Waals surface area contributed by atoms with Crippen molar-refractivity contribution in [3.8, 4) is 0 Å². The molecule has 1 amide bonds. The molecule has 0 fully saturated rings. The lowest BCUT2D eigenvalue weighted by Crippen LogP contribution is -2.36. The number of fused-ring (bicyclic) bond motifs is 1. The maximum atomic E-state index is 12.3. The third kappa shape index (κ3) is 3.74. The number of amides is 1. The van der Waals surface area contributed by atoms with Gasteiger partial charge in [0.1, 0.15) is 5.82 Å². The summed E-state index contributed by atoms with van der Waals surface area (Å²) in [5.74, 6) is 0.861.